The molecule has 2 rings (SSSR count). The summed E-state index contributed by atoms with van der Waals surface area (Å²) in [6.45, 7) is 1.89. The molecule has 120 valence electrons. The number of benzene rings is 2. The predicted molar refractivity (Wildman–Crippen MR) is 102 cm³/mol. The van der Waals surface area contributed by atoms with Gasteiger partial charge in [-0.3, -0.25) is 4.79 Å². The molecule has 0 aliphatic heterocycles. The molecule has 0 saturated carbocycles. The Morgan fingerprint density at radius 1 is 1.26 bits per heavy atom. The highest BCUT2D eigenvalue weighted by Gasteiger charge is 2.13. The average molecular weight is 525 g/mol. The van der Waals surface area contributed by atoms with Gasteiger partial charge in [0.15, 0.2) is 0 Å². The number of carbonyl (C=O) groups is 1. The van der Waals surface area contributed by atoms with Crippen LogP contribution in [0.25, 0.3) is 0 Å². The first kappa shape index (κ1) is 18.4. The summed E-state index contributed by atoms with van der Waals surface area (Å²) in [7, 11) is 0. The fraction of sp³-hybridized carbons (Fsp3) is 0.0667. The van der Waals surface area contributed by atoms with Crippen LogP contribution >= 0.6 is 59.4 Å². The lowest BCUT2D eigenvalue weighted by Gasteiger charge is -2.07. The number of amides is 1. The van der Waals surface area contributed by atoms with E-state index in [0.29, 0.717) is 29.6 Å². The van der Waals surface area contributed by atoms with Crippen LogP contribution in [0.15, 0.2) is 42.8 Å². The van der Waals surface area contributed by atoms with Gasteiger partial charge in [0.25, 0.3) is 5.91 Å². The molecule has 0 aliphatic rings. The molecule has 8 heteroatoms. The zero-order valence-corrected chi connectivity index (χ0v) is 17.2. The monoisotopic (exact) mass is 522 g/mol. The average Bonchev–Trinajstić information content (AvgIpc) is 2.48. The molecule has 0 spiro atoms. The van der Waals surface area contributed by atoms with Crippen LogP contribution in [0.3, 0.4) is 0 Å². The number of nitrogens with one attached hydrogen (secondary N) is 1. The van der Waals surface area contributed by atoms with E-state index in [1.807, 2.05) is 6.92 Å². The van der Waals surface area contributed by atoms with Crippen LogP contribution < -0.4 is 5.43 Å². The summed E-state index contributed by atoms with van der Waals surface area (Å²) in [6.07, 6.45) is 1.42. The first-order valence-corrected chi connectivity index (χ1v) is 9.03. The Bertz CT molecular complexity index is 810. The van der Waals surface area contributed by atoms with Crippen LogP contribution in [-0.4, -0.2) is 17.2 Å². The number of halogens is 4. The minimum absolute atomic E-state index is 0.0440. The van der Waals surface area contributed by atoms with Crippen molar-refractivity contribution in [3.63, 3.8) is 0 Å². The lowest BCUT2D eigenvalue weighted by atomic mass is 10.1. The minimum atomic E-state index is -0.417. The molecule has 0 fully saturated rings. The molecule has 1 amide bonds. The van der Waals surface area contributed by atoms with E-state index in [-0.39, 0.29) is 5.75 Å². The number of hydrazone groups is 1. The normalized spacial score (nSPS) is 11.0. The number of rotatable bonds is 3. The van der Waals surface area contributed by atoms with Crippen LogP contribution in [-0.2, 0) is 0 Å². The van der Waals surface area contributed by atoms with E-state index in [1.165, 1.54) is 6.21 Å². The van der Waals surface area contributed by atoms with Crippen LogP contribution in [0.5, 0.6) is 5.75 Å². The predicted octanol–water partition coefficient (Wildman–Crippen LogP) is 5.41. The van der Waals surface area contributed by atoms with Crippen molar-refractivity contribution < 1.29 is 9.90 Å². The maximum Gasteiger partial charge on any atom is 0.272 e. The van der Waals surface area contributed by atoms with Crippen molar-refractivity contribution >= 4 is 71.5 Å². The number of nitrogens with zero attached hydrogens (tertiary/aromatic N) is 1. The standard InChI is InChI=1S/C15H10Br3ClN2O2/c1-7-2-3-8(12(19)4-7)15(23)21-20-6-9-10(16)5-11(17)14(22)13(9)18/h2-6,22H,1H3,(H,21,23)/b20-6+. The number of phenolic OH excluding ortho intramolecular Hbond substituents is 1. The summed E-state index contributed by atoms with van der Waals surface area (Å²) in [5.41, 5.74) is 4.30. The summed E-state index contributed by atoms with van der Waals surface area (Å²) in [5, 5.41) is 14.1. The maximum atomic E-state index is 12.1. The molecule has 0 unspecified atom stereocenters. The number of aromatic hydroxyl groups is 1. The topological polar surface area (TPSA) is 61.7 Å². The van der Waals surface area contributed by atoms with Gasteiger partial charge in [-0.15, -0.1) is 0 Å². The Morgan fingerprint density at radius 2 is 1.96 bits per heavy atom. The van der Waals surface area contributed by atoms with Crippen LogP contribution in [0.2, 0.25) is 5.02 Å². The lowest BCUT2D eigenvalue weighted by Crippen LogP contribution is -2.18. The molecule has 2 N–H and O–H groups in total. The molecular weight excluding hydrogens is 515 g/mol. The first-order chi connectivity index (χ1) is 10.8. The number of aryl methyl sites for hydroxylation is 1. The van der Waals surface area contributed by atoms with Gasteiger partial charge in [-0.25, -0.2) is 5.43 Å². The minimum Gasteiger partial charge on any atom is -0.506 e. The van der Waals surface area contributed by atoms with Gasteiger partial charge in [-0.1, -0.05) is 33.6 Å². The Kier molecular flexibility index (Phi) is 6.25. The van der Waals surface area contributed by atoms with E-state index in [9.17, 15) is 9.90 Å². The number of phenols is 1. The largest absolute Gasteiger partial charge is 0.506 e. The summed E-state index contributed by atoms with van der Waals surface area (Å²) in [6, 6.07) is 6.82. The Morgan fingerprint density at radius 3 is 2.61 bits per heavy atom. The van der Waals surface area contributed by atoms with Crippen LogP contribution in [0, 0.1) is 6.92 Å². The molecule has 0 saturated heterocycles. The molecule has 0 heterocycles. The van der Waals surface area contributed by atoms with Crippen molar-refractivity contribution in [2.75, 3.05) is 0 Å². The number of carbonyl (C=O) groups excluding carboxylic acids is 1. The summed E-state index contributed by atoms with van der Waals surface area (Å²) in [5.74, 6) is -0.373. The summed E-state index contributed by atoms with van der Waals surface area (Å²) >= 11 is 15.9. The van der Waals surface area contributed by atoms with Crippen molar-refractivity contribution in [2.45, 2.75) is 6.92 Å². The quantitative estimate of drug-likeness (QED) is 0.416. The van der Waals surface area contributed by atoms with Crippen molar-refractivity contribution in [2.24, 2.45) is 5.10 Å². The smallest absolute Gasteiger partial charge is 0.272 e. The van der Waals surface area contributed by atoms with Crippen LogP contribution in [0.4, 0.5) is 0 Å². The third-order valence-electron chi connectivity index (χ3n) is 2.91. The Balaban J connectivity index is 2.19. The van der Waals surface area contributed by atoms with Crippen molar-refractivity contribution in [3.05, 3.63) is 59.4 Å². The van der Waals surface area contributed by atoms with Crippen LogP contribution in [0.1, 0.15) is 21.5 Å². The van der Waals surface area contributed by atoms with Gasteiger partial charge >= 0.3 is 0 Å². The van der Waals surface area contributed by atoms with Crippen molar-refractivity contribution in [1.82, 2.24) is 5.43 Å². The SMILES string of the molecule is Cc1ccc(C(=O)N/N=C/c2c(Br)cc(Br)c(O)c2Br)c(Cl)c1. The molecule has 0 bridgehead atoms. The second kappa shape index (κ2) is 7.79. The number of hydrogen-bond donors (Lipinski definition) is 2. The molecule has 0 aromatic heterocycles. The Hall–Kier alpha value is -0.890. The second-order valence-corrected chi connectivity index (χ2v) is 7.51. The summed E-state index contributed by atoms with van der Waals surface area (Å²) in [4.78, 5) is 12.1. The molecule has 0 radical (unpaired) electrons. The zero-order valence-electron chi connectivity index (χ0n) is 11.7. The van der Waals surface area contributed by atoms with Gasteiger partial charge in [0, 0.05) is 10.0 Å². The molecule has 23 heavy (non-hydrogen) atoms. The van der Waals surface area contributed by atoms with Gasteiger partial charge in [-0.05, 0) is 62.5 Å². The van der Waals surface area contributed by atoms with E-state index in [0.717, 1.165) is 5.56 Å². The van der Waals surface area contributed by atoms with E-state index in [4.69, 9.17) is 11.6 Å². The van der Waals surface area contributed by atoms with Crippen molar-refractivity contribution in [3.8, 4) is 5.75 Å². The fourth-order valence-corrected chi connectivity index (χ4v) is 4.38. The molecule has 0 atom stereocenters. The van der Waals surface area contributed by atoms with Crippen molar-refractivity contribution in [1.29, 1.82) is 0 Å². The van der Waals surface area contributed by atoms with Gasteiger partial charge in [0.05, 0.1) is 25.7 Å². The highest BCUT2D eigenvalue weighted by molar-refractivity contribution is 9.11. The van der Waals surface area contributed by atoms with E-state index in [2.05, 4.69) is 58.3 Å². The first-order valence-electron chi connectivity index (χ1n) is 6.27. The third-order valence-corrected chi connectivity index (χ3v) is 5.29. The highest BCUT2D eigenvalue weighted by Crippen LogP contribution is 2.38. The lowest BCUT2D eigenvalue weighted by molar-refractivity contribution is 0.0955. The second-order valence-electron chi connectivity index (χ2n) is 4.60. The molecule has 4 nitrogen and oxygen atoms in total. The molecular formula is C15H10Br3ClN2O2. The van der Waals surface area contributed by atoms with Gasteiger partial charge < -0.3 is 5.11 Å². The highest BCUT2D eigenvalue weighted by atomic mass is 79.9. The van der Waals surface area contributed by atoms with Gasteiger partial charge in [0.1, 0.15) is 5.75 Å². The summed E-state index contributed by atoms with van der Waals surface area (Å²) < 4.78 is 1.68. The van der Waals surface area contributed by atoms with E-state index >= 15 is 0 Å². The molecule has 0 aliphatic carbocycles. The molecule has 2 aromatic carbocycles. The number of hydrogen-bond acceptors (Lipinski definition) is 3. The molecule has 2 aromatic rings. The maximum absolute atomic E-state index is 12.1. The Labute approximate surface area is 163 Å². The fourth-order valence-electron chi connectivity index (χ4n) is 1.73. The third kappa shape index (κ3) is 4.35. The van der Waals surface area contributed by atoms with E-state index in [1.54, 1.807) is 24.3 Å². The zero-order chi connectivity index (χ0) is 17.1. The van der Waals surface area contributed by atoms with Gasteiger partial charge in [0.2, 0.25) is 0 Å². The van der Waals surface area contributed by atoms with Gasteiger partial charge in [-0.2, -0.15) is 5.10 Å². The van der Waals surface area contributed by atoms with E-state index < -0.39 is 5.91 Å².